The standard InChI is InChI=1S/C20H24N2O4S/c1-12-4-7-17-14(8-12)10-18(27-17)20(24)22-21-19(23)11-13-9-15(25-2)5-6-16(13)26-3/h5-6,9-10,12H,4,7-8,11H2,1-3H3,(H,21,23)(H,22,24). The highest BCUT2D eigenvalue weighted by Gasteiger charge is 2.21. The number of thiophene rings is 1. The highest BCUT2D eigenvalue weighted by Crippen LogP contribution is 2.32. The third-order valence-electron chi connectivity index (χ3n) is 4.71. The first-order valence-corrected chi connectivity index (χ1v) is 9.73. The average Bonchev–Trinajstić information content (AvgIpc) is 3.09. The number of rotatable bonds is 5. The predicted molar refractivity (Wildman–Crippen MR) is 104 cm³/mol. The minimum Gasteiger partial charge on any atom is -0.497 e. The Hall–Kier alpha value is -2.54. The van der Waals surface area contributed by atoms with Gasteiger partial charge >= 0.3 is 0 Å². The topological polar surface area (TPSA) is 76.7 Å². The van der Waals surface area contributed by atoms with Crippen LogP contribution in [-0.4, -0.2) is 26.0 Å². The van der Waals surface area contributed by atoms with E-state index in [9.17, 15) is 9.59 Å². The van der Waals surface area contributed by atoms with Crippen LogP contribution in [0.2, 0.25) is 0 Å². The molecule has 0 radical (unpaired) electrons. The molecule has 0 fully saturated rings. The van der Waals surface area contributed by atoms with Crippen molar-refractivity contribution in [2.24, 2.45) is 5.92 Å². The average molecular weight is 388 g/mol. The van der Waals surface area contributed by atoms with Crippen LogP contribution < -0.4 is 20.3 Å². The van der Waals surface area contributed by atoms with Crippen molar-refractivity contribution in [3.63, 3.8) is 0 Å². The molecule has 1 aliphatic carbocycles. The van der Waals surface area contributed by atoms with E-state index in [1.165, 1.54) is 21.8 Å². The lowest BCUT2D eigenvalue weighted by atomic mass is 9.90. The number of amides is 2. The SMILES string of the molecule is COc1ccc(OC)c(CC(=O)NNC(=O)c2cc3c(s2)CCC(C)C3)c1. The predicted octanol–water partition coefficient (Wildman–Crippen LogP) is 2.89. The van der Waals surface area contributed by atoms with Gasteiger partial charge in [0.15, 0.2) is 0 Å². The molecule has 0 aliphatic heterocycles. The maximum Gasteiger partial charge on any atom is 0.279 e. The summed E-state index contributed by atoms with van der Waals surface area (Å²) in [5.74, 6) is 1.27. The first kappa shape index (κ1) is 19.2. The third-order valence-corrected chi connectivity index (χ3v) is 5.94. The van der Waals surface area contributed by atoms with Gasteiger partial charge in [0.25, 0.3) is 5.91 Å². The fourth-order valence-electron chi connectivity index (χ4n) is 3.24. The van der Waals surface area contributed by atoms with Gasteiger partial charge in [0.1, 0.15) is 11.5 Å². The van der Waals surface area contributed by atoms with Crippen molar-refractivity contribution in [3.05, 3.63) is 45.1 Å². The van der Waals surface area contributed by atoms with Crippen LogP contribution in [0.5, 0.6) is 11.5 Å². The van der Waals surface area contributed by atoms with Gasteiger partial charge in [0.05, 0.1) is 25.5 Å². The third kappa shape index (κ3) is 4.60. The molecule has 7 heteroatoms. The summed E-state index contributed by atoms with van der Waals surface area (Å²) in [5, 5.41) is 0. The molecular weight excluding hydrogens is 364 g/mol. The van der Waals surface area contributed by atoms with E-state index >= 15 is 0 Å². The first-order valence-electron chi connectivity index (χ1n) is 8.91. The zero-order valence-corrected chi connectivity index (χ0v) is 16.6. The van der Waals surface area contributed by atoms with Crippen LogP contribution in [0.3, 0.4) is 0 Å². The number of methoxy groups -OCH3 is 2. The Morgan fingerprint density at radius 2 is 2.00 bits per heavy atom. The number of carbonyl (C=O) groups excluding carboxylic acids is 2. The van der Waals surface area contributed by atoms with Gasteiger partial charge in [0, 0.05) is 10.4 Å². The van der Waals surface area contributed by atoms with E-state index in [-0.39, 0.29) is 18.2 Å². The quantitative estimate of drug-likeness (QED) is 0.772. The Kier molecular flexibility index (Phi) is 6.01. The fraction of sp³-hybridized carbons (Fsp3) is 0.400. The smallest absolute Gasteiger partial charge is 0.279 e. The van der Waals surface area contributed by atoms with Crippen LogP contribution in [-0.2, 0) is 24.1 Å². The molecule has 0 bridgehead atoms. The van der Waals surface area contributed by atoms with Gasteiger partial charge in [-0.15, -0.1) is 11.3 Å². The van der Waals surface area contributed by atoms with Crippen LogP contribution in [0, 0.1) is 5.92 Å². The van der Waals surface area contributed by atoms with Gasteiger partial charge in [-0.25, -0.2) is 0 Å². The van der Waals surface area contributed by atoms with Crippen LogP contribution in [0.4, 0.5) is 0 Å². The van der Waals surface area contributed by atoms with Crippen molar-refractivity contribution in [2.75, 3.05) is 14.2 Å². The summed E-state index contributed by atoms with van der Waals surface area (Å²) < 4.78 is 10.5. The molecule has 0 saturated carbocycles. The lowest BCUT2D eigenvalue weighted by molar-refractivity contribution is -0.121. The van der Waals surface area contributed by atoms with Crippen molar-refractivity contribution in [2.45, 2.75) is 32.6 Å². The molecule has 1 unspecified atom stereocenters. The molecule has 3 rings (SSSR count). The number of aryl methyl sites for hydroxylation is 1. The maximum atomic E-state index is 12.4. The molecule has 2 amide bonds. The van der Waals surface area contributed by atoms with Gasteiger partial charge in [-0.3, -0.25) is 20.4 Å². The highest BCUT2D eigenvalue weighted by atomic mass is 32.1. The molecule has 0 saturated heterocycles. The Bertz CT molecular complexity index is 847. The van der Waals surface area contributed by atoms with E-state index in [2.05, 4.69) is 17.8 Å². The summed E-state index contributed by atoms with van der Waals surface area (Å²) in [6.45, 7) is 2.23. The molecule has 2 N–H and O–H groups in total. The molecule has 144 valence electrons. The number of nitrogens with one attached hydrogen (secondary N) is 2. The largest absolute Gasteiger partial charge is 0.497 e. The lowest BCUT2D eigenvalue weighted by Crippen LogP contribution is -2.42. The van der Waals surface area contributed by atoms with Gasteiger partial charge in [-0.1, -0.05) is 6.92 Å². The van der Waals surface area contributed by atoms with Crippen LogP contribution in [0.1, 0.15) is 39.0 Å². The molecule has 1 aromatic carbocycles. The van der Waals surface area contributed by atoms with Crippen LogP contribution in [0.25, 0.3) is 0 Å². The summed E-state index contributed by atoms with van der Waals surface area (Å²) in [6, 6.07) is 7.20. The zero-order valence-electron chi connectivity index (χ0n) is 15.8. The van der Waals surface area contributed by atoms with E-state index in [1.54, 1.807) is 32.4 Å². The molecule has 1 aromatic heterocycles. The van der Waals surface area contributed by atoms with Crippen LogP contribution in [0.15, 0.2) is 24.3 Å². The summed E-state index contributed by atoms with van der Waals surface area (Å²) >= 11 is 1.51. The fourth-order valence-corrected chi connectivity index (χ4v) is 4.35. The van der Waals surface area contributed by atoms with Crippen molar-refractivity contribution in [1.29, 1.82) is 0 Å². The summed E-state index contributed by atoms with van der Waals surface area (Å²) in [5.41, 5.74) is 6.93. The number of ether oxygens (including phenoxy) is 2. The summed E-state index contributed by atoms with van der Waals surface area (Å²) in [6.07, 6.45) is 3.27. The van der Waals surface area contributed by atoms with E-state index in [0.29, 0.717) is 27.9 Å². The van der Waals surface area contributed by atoms with E-state index in [4.69, 9.17) is 9.47 Å². The molecular formula is C20H24N2O4S. The first-order chi connectivity index (χ1) is 13.0. The number of hydrogen-bond acceptors (Lipinski definition) is 5. The number of fused-ring (bicyclic) bond motifs is 1. The van der Waals surface area contributed by atoms with Gasteiger partial charge in [-0.2, -0.15) is 0 Å². The number of carbonyl (C=O) groups is 2. The number of hydrazine groups is 1. The monoisotopic (exact) mass is 388 g/mol. The van der Waals surface area contributed by atoms with E-state index in [0.717, 1.165) is 19.3 Å². The van der Waals surface area contributed by atoms with Crippen molar-refractivity contribution in [3.8, 4) is 11.5 Å². The number of benzene rings is 1. The normalized spacial score (nSPS) is 15.6. The zero-order chi connectivity index (χ0) is 19.4. The highest BCUT2D eigenvalue weighted by molar-refractivity contribution is 7.14. The Morgan fingerprint density at radius 3 is 2.74 bits per heavy atom. The maximum absolute atomic E-state index is 12.4. The Balaban J connectivity index is 1.59. The Morgan fingerprint density at radius 1 is 1.19 bits per heavy atom. The molecule has 1 atom stereocenters. The van der Waals surface area contributed by atoms with Gasteiger partial charge < -0.3 is 9.47 Å². The molecule has 1 aliphatic rings. The molecule has 0 spiro atoms. The number of hydrogen-bond donors (Lipinski definition) is 2. The minimum absolute atomic E-state index is 0.0686. The second-order valence-electron chi connectivity index (χ2n) is 6.76. The molecule has 2 aromatic rings. The van der Waals surface area contributed by atoms with E-state index < -0.39 is 0 Å². The van der Waals surface area contributed by atoms with Crippen molar-refractivity contribution < 1.29 is 19.1 Å². The van der Waals surface area contributed by atoms with Crippen molar-refractivity contribution in [1.82, 2.24) is 10.9 Å². The lowest BCUT2D eigenvalue weighted by Gasteiger charge is -2.16. The molecule has 6 nitrogen and oxygen atoms in total. The van der Waals surface area contributed by atoms with Crippen LogP contribution >= 0.6 is 11.3 Å². The van der Waals surface area contributed by atoms with Gasteiger partial charge in [0.2, 0.25) is 5.91 Å². The Labute approximate surface area is 162 Å². The summed E-state index contributed by atoms with van der Waals surface area (Å²) in [4.78, 5) is 26.5. The minimum atomic E-state index is -0.329. The molecule has 1 heterocycles. The molecule has 27 heavy (non-hydrogen) atoms. The van der Waals surface area contributed by atoms with Crippen molar-refractivity contribution >= 4 is 23.2 Å². The summed E-state index contributed by atoms with van der Waals surface area (Å²) in [7, 11) is 3.11. The second-order valence-corrected chi connectivity index (χ2v) is 7.90. The van der Waals surface area contributed by atoms with E-state index in [1.807, 2.05) is 6.07 Å². The second kappa shape index (κ2) is 8.43. The van der Waals surface area contributed by atoms with Gasteiger partial charge in [-0.05, 0) is 55.0 Å².